The number of nitrogens with zero attached hydrogens (tertiary/aromatic N) is 1. The summed E-state index contributed by atoms with van der Waals surface area (Å²) in [7, 11) is 0.277. The molecule has 7 nitrogen and oxygen atoms in total. The van der Waals surface area contributed by atoms with E-state index >= 15 is 0 Å². The summed E-state index contributed by atoms with van der Waals surface area (Å²) in [4.78, 5) is 4.26. The minimum Gasteiger partial charge on any atom is -0.627 e. The standard InChI is InChI=1S/C12H19N3O4S/c1-7(6-13)11(19-3)20(4,17)12-14-8-5-9(15(12)16)10(8)18-2/h6,9,13,15,17H,5H2,1-4H3/b11-7-,13-6?/t9-/m1/s1. The van der Waals surface area contributed by atoms with Crippen LogP contribution in [-0.2, 0) is 9.47 Å². The number of hydrogen-bond donors (Lipinski definition) is 3. The Labute approximate surface area is 119 Å². The Balaban J connectivity index is 2.46. The van der Waals surface area contributed by atoms with Gasteiger partial charge in [0, 0.05) is 28.4 Å². The molecule has 1 aliphatic carbocycles. The maximum atomic E-state index is 12.4. The van der Waals surface area contributed by atoms with E-state index in [0.717, 1.165) is 6.21 Å². The Morgan fingerprint density at radius 3 is 2.70 bits per heavy atom. The fourth-order valence-corrected chi connectivity index (χ4v) is 4.43. The lowest BCUT2D eigenvalue weighted by Crippen LogP contribution is -3.16. The molecule has 0 aromatic heterocycles. The number of hydrogen-bond acceptors (Lipinski definition) is 6. The van der Waals surface area contributed by atoms with Gasteiger partial charge >= 0.3 is 0 Å². The zero-order valence-electron chi connectivity index (χ0n) is 11.9. The molecule has 0 aromatic carbocycles. The Kier molecular flexibility index (Phi) is 3.92. The van der Waals surface area contributed by atoms with Crippen LogP contribution in [0.3, 0.4) is 0 Å². The molecule has 0 fully saturated rings. The summed E-state index contributed by atoms with van der Waals surface area (Å²) in [5, 5.41) is 19.8. The monoisotopic (exact) mass is 301 g/mol. The highest BCUT2D eigenvalue weighted by Gasteiger charge is 2.48. The van der Waals surface area contributed by atoms with Crippen LogP contribution in [0.2, 0.25) is 0 Å². The van der Waals surface area contributed by atoms with Crippen molar-refractivity contribution < 1.29 is 19.1 Å². The number of methoxy groups -OCH3 is 2. The zero-order valence-corrected chi connectivity index (χ0v) is 12.7. The number of amidine groups is 1. The molecule has 3 atom stereocenters. The van der Waals surface area contributed by atoms with Gasteiger partial charge in [0.25, 0.3) is 5.17 Å². The Bertz CT molecular complexity index is 539. The molecule has 0 saturated heterocycles. The van der Waals surface area contributed by atoms with E-state index < -0.39 is 10.3 Å². The highest BCUT2D eigenvalue weighted by atomic mass is 32.3. The van der Waals surface area contributed by atoms with Gasteiger partial charge in [-0.15, -0.1) is 0 Å². The van der Waals surface area contributed by atoms with Gasteiger partial charge in [-0.3, -0.25) is 0 Å². The first-order valence-corrected chi connectivity index (χ1v) is 8.04. The third-order valence-corrected chi connectivity index (χ3v) is 5.70. The Morgan fingerprint density at radius 2 is 2.25 bits per heavy atom. The van der Waals surface area contributed by atoms with E-state index in [1.807, 2.05) is 0 Å². The molecule has 0 spiro atoms. The highest BCUT2D eigenvalue weighted by molar-refractivity contribution is 8.43. The second-order valence-electron chi connectivity index (χ2n) is 4.75. The Hall–Kier alpha value is -1.35. The van der Waals surface area contributed by atoms with Crippen molar-refractivity contribution in [2.75, 3.05) is 20.5 Å². The lowest BCUT2D eigenvalue weighted by molar-refractivity contribution is -0.777. The van der Waals surface area contributed by atoms with Gasteiger partial charge in [-0.2, -0.15) is 4.99 Å². The number of quaternary nitrogens is 1. The minimum atomic E-state index is -2.65. The van der Waals surface area contributed by atoms with Crippen molar-refractivity contribution in [1.82, 2.24) is 0 Å². The average molecular weight is 301 g/mol. The van der Waals surface area contributed by atoms with Crippen LogP contribution in [-0.4, -0.2) is 42.5 Å². The molecule has 112 valence electrons. The summed E-state index contributed by atoms with van der Waals surface area (Å²) in [6, 6.07) is -0.333. The first-order valence-electron chi connectivity index (χ1n) is 6.04. The lowest BCUT2D eigenvalue weighted by atomic mass is 9.95. The van der Waals surface area contributed by atoms with Gasteiger partial charge in [0.05, 0.1) is 26.3 Å². The number of allylic oxidation sites excluding steroid dienone is 1. The van der Waals surface area contributed by atoms with Crippen LogP contribution in [0.15, 0.2) is 27.1 Å². The van der Waals surface area contributed by atoms with Crippen LogP contribution < -0.4 is 5.06 Å². The maximum Gasteiger partial charge on any atom is 0.274 e. The second kappa shape index (κ2) is 5.21. The van der Waals surface area contributed by atoms with Crippen LogP contribution in [0.1, 0.15) is 13.3 Å². The smallest absolute Gasteiger partial charge is 0.274 e. The highest BCUT2D eigenvalue weighted by Crippen LogP contribution is 2.51. The van der Waals surface area contributed by atoms with Gasteiger partial charge in [-0.25, -0.2) is 0 Å². The summed E-state index contributed by atoms with van der Waals surface area (Å²) in [5.41, 5.74) is 1.19. The van der Waals surface area contributed by atoms with Crippen molar-refractivity contribution in [3.63, 3.8) is 0 Å². The Morgan fingerprint density at radius 1 is 1.60 bits per heavy atom. The molecular formula is C12H19N3O4S. The first-order chi connectivity index (χ1) is 9.38. The van der Waals surface area contributed by atoms with E-state index in [1.54, 1.807) is 6.92 Å². The summed E-state index contributed by atoms with van der Waals surface area (Å²) in [6.07, 6.45) is 3.19. The van der Waals surface area contributed by atoms with Gasteiger partial charge in [0.2, 0.25) is 0 Å². The molecule has 8 heteroatoms. The minimum absolute atomic E-state index is 0.127. The molecule has 2 heterocycles. The zero-order chi connectivity index (χ0) is 15.1. The van der Waals surface area contributed by atoms with Gasteiger partial charge in [-0.05, 0) is 6.92 Å². The molecule has 0 saturated carbocycles. The molecule has 0 radical (unpaired) electrons. The third-order valence-electron chi connectivity index (χ3n) is 3.44. The third kappa shape index (κ3) is 2.05. The van der Waals surface area contributed by atoms with E-state index in [9.17, 15) is 9.76 Å². The fraction of sp³-hybridized carbons (Fsp3) is 0.500. The molecule has 2 aliphatic heterocycles. The average Bonchev–Trinajstić information content (AvgIpc) is 2.38. The fourth-order valence-electron chi connectivity index (χ4n) is 2.42. The molecule has 2 unspecified atom stereocenters. The number of aliphatic imine (C=N–C) groups is 1. The second-order valence-corrected chi connectivity index (χ2v) is 7.26. The van der Waals surface area contributed by atoms with Crippen LogP contribution in [0, 0.1) is 10.6 Å². The van der Waals surface area contributed by atoms with Gasteiger partial charge in [-0.1, -0.05) is 0 Å². The quantitative estimate of drug-likeness (QED) is 0.406. The lowest BCUT2D eigenvalue weighted by Gasteiger charge is -2.46. The summed E-state index contributed by atoms with van der Waals surface area (Å²) < 4.78 is 21.1. The maximum absolute atomic E-state index is 12.4. The molecule has 20 heavy (non-hydrogen) atoms. The van der Waals surface area contributed by atoms with Crippen molar-refractivity contribution >= 4 is 21.7 Å². The normalized spacial score (nSPS) is 30.4. The molecule has 0 amide bonds. The molecule has 0 aromatic rings. The van der Waals surface area contributed by atoms with Gasteiger partial charge in [0.1, 0.15) is 0 Å². The van der Waals surface area contributed by atoms with E-state index in [1.165, 1.54) is 20.5 Å². The summed E-state index contributed by atoms with van der Waals surface area (Å²) in [5.74, 6) is 0.598. The van der Waals surface area contributed by atoms with Crippen LogP contribution in [0.4, 0.5) is 0 Å². The topological polar surface area (TPSA) is 102 Å². The van der Waals surface area contributed by atoms with Crippen molar-refractivity contribution in [1.29, 1.82) is 5.41 Å². The number of nitrogens with one attached hydrogen (secondary N) is 2. The van der Waals surface area contributed by atoms with Crippen molar-refractivity contribution in [2.45, 2.75) is 19.4 Å². The van der Waals surface area contributed by atoms with E-state index in [-0.39, 0.29) is 21.4 Å². The van der Waals surface area contributed by atoms with Crippen LogP contribution in [0.25, 0.3) is 0 Å². The van der Waals surface area contributed by atoms with Crippen molar-refractivity contribution in [3.05, 3.63) is 27.3 Å². The molecule has 3 aliphatic rings. The predicted octanol–water partition coefficient (Wildman–Crippen LogP) is 0.804. The molecule has 2 bridgehead atoms. The number of fused-ring (bicyclic) bond motifs is 1. The first kappa shape index (κ1) is 15.0. The number of hydroxylamine groups is 2. The number of rotatable bonds is 4. The van der Waals surface area contributed by atoms with E-state index in [2.05, 4.69) is 4.99 Å². The van der Waals surface area contributed by atoms with Crippen molar-refractivity contribution in [3.8, 4) is 0 Å². The van der Waals surface area contributed by atoms with Crippen LogP contribution >= 0.6 is 10.3 Å². The van der Waals surface area contributed by atoms with Crippen LogP contribution in [0.5, 0.6) is 0 Å². The number of ether oxygens (including phenoxy) is 2. The van der Waals surface area contributed by atoms with E-state index in [0.29, 0.717) is 23.5 Å². The molecule has 3 rings (SSSR count). The molecular weight excluding hydrogens is 282 g/mol. The summed E-state index contributed by atoms with van der Waals surface area (Å²) in [6.45, 7) is 1.65. The predicted molar refractivity (Wildman–Crippen MR) is 78.8 cm³/mol. The van der Waals surface area contributed by atoms with Crippen molar-refractivity contribution in [2.24, 2.45) is 4.99 Å². The largest absolute Gasteiger partial charge is 0.627 e. The summed E-state index contributed by atoms with van der Waals surface area (Å²) >= 11 is 0. The molecule has 3 N–H and O–H groups in total. The van der Waals surface area contributed by atoms with Gasteiger partial charge in [0.15, 0.2) is 16.9 Å². The van der Waals surface area contributed by atoms with Gasteiger partial charge < -0.3 is 29.7 Å². The van der Waals surface area contributed by atoms with E-state index in [4.69, 9.17) is 14.9 Å². The SMILES string of the molecule is COC1=C2C[C@H]1[NH+]([O-])C(S(C)(O)/C(OC)=C(/C)C=N)=N2.